The summed E-state index contributed by atoms with van der Waals surface area (Å²) < 4.78 is 28.6. The van der Waals surface area contributed by atoms with E-state index in [1.807, 2.05) is 47.1 Å². The van der Waals surface area contributed by atoms with E-state index in [-0.39, 0.29) is 5.69 Å². The molecule has 4 rings (SSSR count). The minimum atomic E-state index is -0.812. The Labute approximate surface area is 164 Å². The van der Waals surface area contributed by atoms with Crippen molar-refractivity contribution in [3.05, 3.63) is 95.9 Å². The van der Waals surface area contributed by atoms with Crippen molar-refractivity contribution < 1.29 is 13.6 Å². The van der Waals surface area contributed by atoms with Crippen LogP contribution >= 0.6 is 11.8 Å². The van der Waals surface area contributed by atoms with Crippen LogP contribution in [-0.2, 0) is 5.75 Å². The van der Waals surface area contributed by atoms with Crippen LogP contribution in [0.1, 0.15) is 16.1 Å². The van der Waals surface area contributed by atoms with E-state index < -0.39 is 17.5 Å². The summed E-state index contributed by atoms with van der Waals surface area (Å²) in [4.78, 5) is 17.8. The maximum Gasteiger partial charge on any atom is 0.255 e. The van der Waals surface area contributed by atoms with Crippen molar-refractivity contribution in [2.24, 2.45) is 0 Å². The molecule has 0 radical (unpaired) electrons. The highest BCUT2D eigenvalue weighted by Gasteiger charge is 2.10. The van der Waals surface area contributed by atoms with Crippen LogP contribution in [-0.4, -0.2) is 15.3 Å². The predicted molar refractivity (Wildman–Crippen MR) is 106 cm³/mol. The minimum Gasteiger partial charge on any atom is -0.319 e. The molecule has 1 N–H and O–H groups in total. The predicted octanol–water partition coefficient (Wildman–Crippen LogP) is 5.16. The van der Waals surface area contributed by atoms with Crippen molar-refractivity contribution in [1.29, 1.82) is 0 Å². The number of hydrogen-bond acceptors (Lipinski definition) is 3. The summed E-state index contributed by atoms with van der Waals surface area (Å²) >= 11 is 1.61. The molecule has 0 atom stereocenters. The Morgan fingerprint density at radius 3 is 2.64 bits per heavy atom. The lowest BCUT2D eigenvalue weighted by molar-refractivity contribution is 0.102. The fraction of sp³-hybridized carbons (Fsp3) is 0.0476. The van der Waals surface area contributed by atoms with Gasteiger partial charge in [-0.05, 0) is 48.5 Å². The van der Waals surface area contributed by atoms with Crippen molar-refractivity contribution in [3.8, 4) is 0 Å². The van der Waals surface area contributed by atoms with Crippen LogP contribution < -0.4 is 5.32 Å². The zero-order valence-corrected chi connectivity index (χ0v) is 15.4. The smallest absolute Gasteiger partial charge is 0.255 e. The van der Waals surface area contributed by atoms with Gasteiger partial charge in [-0.1, -0.05) is 6.07 Å². The fourth-order valence-electron chi connectivity index (χ4n) is 2.70. The number of benzene rings is 2. The Kier molecular flexibility index (Phi) is 5.08. The van der Waals surface area contributed by atoms with Gasteiger partial charge in [0.25, 0.3) is 5.91 Å². The molecule has 1 amide bonds. The minimum absolute atomic E-state index is 0.0586. The summed E-state index contributed by atoms with van der Waals surface area (Å²) in [5, 5.41) is 2.45. The van der Waals surface area contributed by atoms with E-state index in [4.69, 9.17) is 0 Å². The zero-order chi connectivity index (χ0) is 19.5. The molecule has 2 aromatic heterocycles. The highest BCUT2D eigenvalue weighted by atomic mass is 32.2. The number of carbonyl (C=O) groups excluding carboxylic acids is 1. The average molecular weight is 395 g/mol. The molecule has 0 saturated heterocycles. The largest absolute Gasteiger partial charge is 0.319 e. The monoisotopic (exact) mass is 395 g/mol. The normalized spacial score (nSPS) is 10.9. The number of amides is 1. The van der Waals surface area contributed by atoms with Crippen LogP contribution in [0.5, 0.6) is 0 Å². The van der Waals surface area contributed by atoms with Crippen LogP contribution in [0.3, 0.4) is 0 Å². The number of nitrogens with one attached hydrogen (secondary N) is 1. The first-order chi connectivity index (χ1) is 13.6. The summed E-state index contributed by atoms with van der Waals surface area (Å²) in [6, 6.07) is 15.9. The number of pyridine rings is 1. The lowest BCUT2D eigenvalue weighted by atomic mass is 10.2. The van der Waals surface area contributed by atoms with E-state index in [1.54, 1.807) is 23.9 Å². The molecule has 140 valence electrons. The molecular formula is C21H15F2N3OS. The molecule has 7 heteroatoms. The number of imidazole rings is 1. The lowest BCUT2D eigenvalue weighted by Gasteiger charge is -2.07. The number of thioether (sulfide) groups is 1. The lowest BCUT2D eigenvalue weighted by Crippen LogP contribution is -2.13. The van der Waals surface area contributed by atoms with Crippen LogP contribution in [0.15, 0.2) is 78.0 Å². The van der Waals surface area contributed by atoms with E-state index in [9.17, 15) is 13.6 Å². The summed E-state index contributed by atoms with van der Waals surface area (Å²) in [6.45, 7) is 0. The molecule has 0 spiro atoms. The Morgan fingerprint density at radius 1 is 1.07 bits per heavy atom. The molecular weight excluding hydrogens is 380 g/mol. The van der Waals surface area contributed by atoms with Gasteiger partial charge < -0.3 is 9.72 Å². The Hall–Kier alpha value is -3.19. The van der Waals surface area contributed by atoms with Gasteiger partial charge in [0.2, 0.25) is 0 Å². The van der Waals surface area contributed by atoms with E-state index >= 15 is 0 Å². The number of rotatable bonds is 5. The second-order valence-corrected chi connectivity index (χ2v) is 7.14. The third kappa shape index (κ3) is 4.04. The summed E-state index contributed by atoms with van der Waals surface area (Å²) in [7, 11) is 0. The maximum atomic E-state index is 13.7. The van der Waals surface area contributed by atoms with Crippen molar-refractivity contribution >= 4 is 29.0 Å². The summed E-state index contributed by atoms with van der Waals surface area (Å²) in [5.74, 6) is -1.26. The quantitative estimate of drug-likeness (QED) is 0.475. The van der Waals surface area contributed by atoms with Gasteiger partial charge in [-0.15, -0.1) is 11.8 Å². The molecule has 4 nitrogen and oxygen atoms in total. The number of anilines is 1. The van der Waals surface area contributed by atoms with Crippen LogP contribution in [0, 0.1) is 11.6 Å². The molecule has 28 heavy (non-hydrogen) atoms. The highest BCUT2D eigenvalue weighted by Crippen LogP contribution is 2.23. The van der Waals surface area contributed by atoms with E-state index in [0.717, 1.165) is 28.4 Å². The molecule has 0 aliphatic carbocycles. The van der Waals surface area contributed by atoms with Crippen LogP contribution in [0.25, 0.3) is 5.65 Å². The van der Waals surface area contributed by atoms with E-state index in [1.165, 1.54) is 6.07 Å². The number of aromatic nitrogens is 2. The molecule has 0 aliphatic rings. The first-order valence-corrected chi connectivity index (χ1v) is 9.49. The summed E-state index contributed by atoms with van der Waals surface area (Å²) in [6.07, 6.45) is 3.94. The SMILES string of the molecule is O=C(Nc1ccc(F)cc1F)c1ccc(SCc2cn3ccccc3n2)cc1. The molecule has 0 saturated carbocycles. The van der Waals surface area contributed by atoms with E-state index in [2.05, 4.69) is 10.3 Å². The Balaban J connectivity index is 1.39. The van der Waals surface area contributed by atoms with Gasteiger partial charge in [0, 0.05) is 34.7 Å². The molecule has 2 heterocycles. The number of halogens is 2. The molecule has 0 fully saturated rings. The third-order valence-corrected chi connectivity index (χ3v) is 5.14. The number of hydrogen-bond donors (Lipinski definition) is 1. The van der Waals surface area contributed by atoms with Gasteiger partial charge >= 0.3 is 0 Å². The van der Waals surface area contributed by atoms with Gasteiger partial charge in [-0.3, -0.25) is 4.79 Å². The Bertz CT molecular complexity index is 1110. The van der Waals surface area contributed by atoms with Gasteiger partial charge in [0.1, 0.15) is 17.3 Å². The number of nitrogens with zero attached hydrogens (tertiary/aromatic N) is 2. The zero-order valence-electron chi connectivity index (χ0n) is 14.6. The molecule has 0 aliphatic heterocycles. The van der Waals surface area contributed by atoms with Crippen LogP contribution in [0.2, 0.25) is 0 Å². The second-order valence-electron chi connectivity index (χ2n) is 6.09. The van der Waals surface area contributed by atoms with Crippen molar-refractivity contribution in [2.75, 3.05) is 5.32 Å². The molecule has 0 unspecified atom stereocenters. The van der Waals surface area contributed by atoms with Gasteiger partial charge in [-0.25, -0.2) is 13.8 Å². The van der Waals surface area contributed by atoms with Crippen molar-refractivity contribution in [2.45, 2.75) is 10.6 Å². The highest BCUT2D eigenvalue weighted by molar-refractivity contribution is 7.98. The molecule has 0 bridgehead atoms. The number of carbonyl (C=O) groups is 1. The van der Waals surface area contributed by atoms with Gasteiger partial charge in [0.15, 0.2) is 0 Å². The van der Waals surface area contributed by atoms with Crippen LogP contribution in [0.4, 0.5) is 14.5 Å². The standard InChI is InChI=1S/C21H15F2N3OS/c22-15-6-9-19(18(23)11-15)25-21(27)14-4-7-17(8-5-14)28-13-16-12-26-10-2-1-3-20(26)24-16/h1-12H,13H2,(H,25,27). The average Bonchev–Trinajstić information content (AvgIpc) is 3.12. The third-order valence-electron chi connectivity index (χ3n) is 4.10. The second kappa shape index (κ2) is 7.82. The van der Waals surface area contributed by atoms with E-state index in [0.29, 0.717) is 11.3 Å². The van der Waals surface area contributed by atoms with Gasteiger partial charge in [0.05, 0.1) is 11.4 Å². The van der Waals surface area contributed by atoms with Crippen molar-refractivity contribution in [1.82, 2.24) is 9.38 Å². The number of fused-ring (bicyclic) bond motifs is 1. The molecule has 4 aromatic rings. The van der Waals surface area contributed by atoms with Crippen molar-refractivity contribution in [3.63, 3.8) is 0 Å². The maximum absolute atomic E-state index is 13.7. The first-order valence-electron chi connectivity index (χ1n) is 8.50. The van der Waals surface area contributed by atoms with Gasteiger partial charge in [-0.2, -0.15) is 0 Å². The first kappa shape index (κ1) is 18.2. The summed E-state index contributed by atoms with van der Waals surface area (Å²) in [5.41, 5.74) is 2.19. The fourth-order valence-corrected chi connectivity index (χ4v) is 3.48. The topological polar surface area (TPSA) is 46.4 Å². The Morgan fingerprint density at radius 2 is 1.89 bits per heavy atom. The molecule has 2 aromatic carbocycles.